The first kappa shape index (κ1) is 20.9. The predicted molar refractivity (Wildman–Crippen MR) is 99.5 cm³/mol. The summed E-state index contributed by atoms with van der Waals surface area (Å²) in [7, 11) is 0. The summed E-state index contributed by atoms with van der Waals surface area (Å²) in [5, 5.41) is 0. The first-order valence-corrected chi connectivity index (χ1v) is 9.06. The number of nitrogens with zero attached hydrogens (tertiary/aromatic N) is 1. The minimum absolute atomic E-state index is 0.114. The Balaban J connectivity index is 2.40. The van der Waals surface area contributed by atoms with E-state index in [1.807, 2.05) is 30.3 Å². The lowest BCUT2D eigenvalue weighted by atomic mass is 9.93. The Morgan fingerprint density at radius 2 is 1.81 bits per heavy atom. The van der Waals surface area contributed by atoms with Gasteiger partial charge in [0.15, 0.2) is 0 Å². The van der Waals surface area contributed by atoms with Gasteiger partial charge in [-0.1, -0.05) is 30.3 Å². The molecule has 1 aliphatic rings. The number of amides is 1. The number of benzene rings is 1. The van der Waals surface area contributed by atoms with Gasteiger partial charge in [-0.15, -0.1) is 0 Å². The van der Waals surface area contributed by atoms with Crippen molar-refractivity contribution in [2.75, 3.05) is 13.2 Å². The minimum Gasteiger partial charge on any atom is -0.465 e. The van der Waals surface area contributed by atoms with Gasteiger partial charge in [-0.05, 0) is 32.8 Å². The second-order valence-corrected chi connectivity index (χ2v) is 7.71. The molecule has 0 saturated carbocycles. The maximum atomic E-state index is 12.8. The van der Waals surface area contributed by atoms with E-state index in [2.05, 4.69) is 0 Å². The third kappa shape index (κ3) is 5.29. The summed E-state index contributed by atoms with van der Waals surface area (Å²) in [5.74, 6) is -1.45. The zero-order chi connectivity index (χ0) is 20.2. The van der Waals surface area contributed by atoms with Crippen LogP contribution in [0.3, 0.4) is 0 Å². The number of carbonyl (C=O) groups is 3. The van der Waals surface area contributed by atoms with Gasteiger partial charge in [-0.2, -0.15) is 0 Å². The Hall–Kier alpha value is -2.41. The van der Waals surface area contributed by atoms with Crippen molar-refractivity contribution < 1.29 is 23.9 Å². The maximum absolute atomic E-state index is 12.8. The van der Waals surface area contributed by atoms with Crippen molar-refractivity contribution in [2.24, 2.45) is 11.7 Å². The van der Waals surface area contributed by atoms with Crippen LogP contribution in [0.25, 0.3) is 0 Å². The fraction of sp³-hybridized carbons (Fsp3) is 0.550. The lowest BCUT2D eigenvalue weighted by molar-refractivity contribution is -0.164. The van der Waals surface area contributed by atoms with E-state index in [0.29, 0.717) is 6.42 Å². The standard InChI is InChI=1S/C20H28N2O5/c1-13(23)26-12-15-10-16(19(25)27-20(2,3)4)22(17(24)11-21)18(15)14-8-6-5-7-9-14/h5-9,15-16,18H,10-12,21H2,1-4H3. The molecule has 2 rings (SSSR count). The monoisotopic (exact) mass is 376 g/mol. The SMILES string of the molecule is CC(=O)OCC1CC(C(=O)OC(C)(C)C)N(C(=O)CN)C1c1ccccc1. The number of ether oxygens (including phenoxy) is 2. The number of hydrogen-bond donors (Lipinski definition) is 1. The van der Waals surface area contributed by atoms with Gasteiger partial charge in [0.1, 0.15) is 11.6 Å². The van der Waals surface area contributed by atoms with Gasteiger partial charge in [0.25, 0.3) is 0 Å². The molecule has 1 aromatic carbocycles. The lowest BCUT2D eigenvalue weighted by Gasteiger charge is -2.32. The number of likely N-dealkylation sites (tertiary alicyclic amines) is 1. The van der Waals surface area contributed by atoms with E-state index in [0.717, 1.165) is 5.56 Å². The van der Waals surface area contributed by atoms with Crippen LogP contribution in [-0.2, 0) is 23.9 Å². The van der Waals surface area contributed by atoms with E-state index in [1.54, 1.807) is 20.8 Å². The zero-order valence-corrected chi connectivity index (χ0v) is 16.3. The molecule has 3 unspecified atom stereocenters. The summed E-state index contributed by atoms with van der Waals surface area (Å²) < 4.78 is 10.7. The number of nitrogens with two attached hydrogens (primary N) is 1. The normalized spacial score (nSPS) is 22.4. The Morgan fingerprint density at radius 1 is 1.19 bits per heavy atom. The molecule has 2 N–H and O–H groups in total. The molecule has 1 aliphatic heterocycles. The highest BCUT2D eigenvalue weighted by molar-refractivity contribution is 5.87. The number of carbonyl (C=O) groups excluding carboxylic acids is 3. The summed E-state index contributed by atoms with van der Waals surface area (Å²) in [6.07, 6.45) is 0.341. The average molecular weight is 376 g/mol. The van der Waals surface area contributed by atoms with Crippen molar-refractivity contribution in [1.29, 1.82) is 0 Å². The molecule has 1 heterocycles. The fourth-order valence-electron chi connectivity index (χ4n) is 3.43. The molecule has 27 heavy (non-hydrogen) atoms. The summed E-state index contributed by atoms with van der Waals surface area (Å²) in [6.45, 7) is 6.56. The van der Waals surface area contributed by atoms with Crippen molar-refractivity contribution in [2.45, 2.75) is 51.8 Å². The molecular formula is C20H28N2O5. The largest absolute Gasteiger partial charge is 0.465 e. The highest BCUT2D eigenvalue weighted by atomic mass is 16.6. The quantitative estimate of drug-likeness (QED) is 0.787. The van der Waals surface area contributed by atoms with Crippen LogP contribution in [0.2, 0.25) is 0 Å². The molecule has 7 nitrogen and oxygen atoms in total. The smallest absolute Gasteiger partial charge is 0.329 e. The summed E-state index contributed by atoms with van der Waals surface area (Å²) in [6, 6.07) is 8.19. The molecule has 7 heteroatoms. The lowest BCUT2D eigenvalue weighted by Crippen LogP contribution is -2.46. The average Bonchev–Trinajstić information content (AvgIpc) is 2.98. The Morgan fingerprint density at radius 3 is 2.33 bits per heavy atom. The molecule has 0 radical (unpaired) electrons. The molecule has 1 aromatic rings. The van der Waals surface area contributed by atoms with Gasteiger partial charge in [0.2, 0.25) is 5.91 Å². The van der Waals surface area contributed by atoms with Crippen molar-refractivity contribution in [1.82, 2.24) is 4.90 Å². The maximum Gasteiger partial charge on any atom is 0.329 e. The first-order chi connectivity index (χ1) is 12.6. The van der Waals surface area contributed by atoms with Gasteiger partial charge < -0.3 is 20.1 Å². The van der Waals surface area contributed by atoms with Crippen LogP contribution >= 0.6 is 0 Å². The van der Waals surface area contributed by atoms with Crippen LogP contribution in [-0.4, -0.2) is 47.5 Å². The van der Waals surface area contributed by atoms with E-state index in [-0.39, 0.29) is 25.0 Å². The van der Waals surface area contributed by atoms with Gasteiger partial charge in [-0.25, -0.2) is 4.79 Å². The topological polar surface area (TPSA) is 98.9 Å². The molecule has 3 atom stereocenters. The van der Waals surface area contributed by atoms with Crippen LogP contribution in [0.4, 0.5) is 0 Å². The summed E-state index contributed by atoms with van der Waals surface area (Å²) in [5.41, 5.74) is 5.81. The van der Waals surface area contributed by atoms with E-state index >= 15 is 0 Å². The predicted octanol–water partition coefficient (Wildman–Crippen LogP) is 1.81. The van der Waals surface area contributed by atoms with Crippen LogP contribution < -0.4 is 5.73 Å². The third-order valence-electron chi connectivity index (χ3n) is 4.39. The zero-order valence-electron chi connectivity index (χ0n) is 16.3. The van der Waals surface area contributed by atoms with Crippen LogP contribution in [0.5, 0.6) is 0 Å². The highest BCUT2D eigenvalue weighted by Gasteiger charge is 2.48. The van der Waals surface area contributed by atoms with E-state index in [9.17, 15) is 14.4 Å². The third-order valence-corrected chi connectivity index (χ3v) is 4.39. The Kier molecular flexibility index (Phi) is 6.59. The van der Waals surface area contributed by atoms with Gasteiger partial charge in [-0.3, -0.25) is 9.59 Å². The van der Waals surface area contributed by atoms with Gasteiger partial charge in [0.05, 0.1) is 19.2 Å². The molecule has 148 valence electrons. The molecule has 1 saturated heterocycles. The van der Waals surface area contributed by atoms with E-state index < -0.39 is 29.6 Å². The fourth-order valence-corrected chi connectivity index (χ4v) is 3.43. The Bertz CT molecular complexity index is 683. The van der Waals surface area contributed by atoms with E-state index in [4.69, 9.17) is 15.2 Å². The second kappa shape index (κ2) is 8.52. The van der Waals surface area contributed by atoms with Gasteiger partial charge >= 0.3 is 11.9 Å². The molecule has 1 amide bonds. The highest BCUT2D eigenvalue weighted by Crippen LogP contribution is 2.42. The van der Waals surface area contributed by atoms with Crippen LogP contribution in [0, 0.1) is 5.92 Å². The van der Waals surface area contributed by atoms with Crippen molar-refractivity contribution >= 4 is 17.8 Å². The number of hydrogen-bond acceptors (Lipinski definition) is 6. The second-order valence-electron chi connectivity index (χ2n) is 7.71. The summed E-state index contributed by atoms with van der Waals surface area (Å²) in [4.78, 5) is 38.2. The number of esters is 2. The molecule has 0 aliphatic carbocycles. The van der Waals surface area contributed by atoms with Crippen molar-refractivity contribution in [3.63, 3.8) is 0 Å². The van der Waals surface area contributed by atoms with Gasteiger partial charge in [0, 0.05) is 12.8 Å². The first-order valence-electron chi connectivity index (χ1n) is 9.06. The van der Waals surface area contributed by atoms with Crippen molar-refractivity contribution in [3.05, 3.63) is 35.9 Å². The van der Waals surface area contributed by atoms with Crippen LogP contribution in [0.1, 0.15) is 45.7 Å². The Labute approximate surface area is 159 Å². The molecule has 0 spiro atoms. The number of rotatable bonds is 5. The minimum atomic E-state index is -0.772. The molecule has 0 bridgehead atoms. The molecular weight excluding hydrogens is 348 g/mol. The van der Waals surface area contributed by atoms with Crippen molar-refractivity contribution in [3.8, 4) is 0 Å². The molecule has 0 aromatic heterocycles. The summed E-state index contributed by atoms with van der Waals surface area (Å²) >= 11 is 0. The molecule has 1 fully saturated rings. The van der Waals surface area contributed by atoms with Crippen LogP contribution in [0.15, 0.2) is 30.3 Å². The van der Waals surface area contributed by atoms with E-state index in [1.165, 1.54) is 11.8 Å².